The number of amides is 3. The molecule has 2 aromatic rings. The van der Waals surface area contributed by atoms with Gasteiger partial charge in [0.2, 0.25) is 18.2 Å². The average Bonchev–Trinajstić information content (AvgIpc) is 3.09. The van der Waals surface area contributed by atoms with E-state index in [0.717, 1.165) is 49.3 Å². The number of aryl methyl sites for hydroxylation is 1. The fourth-order valence-electron chi connectivity index (χ4n) is 5.51. The first-order chi connectivity index (χ1) is 16.4. The molecule has 1 aromatic carbocycles. The highest BCUT2D eigenvalue weighted by Crippen LogP contribution is 2.31. The van der Waals surface area contributed by atoms with Gasteiger partial charge in [-0.15, -0.1) is 0 Å². The molecule has 1 aliphatic carbocycles. The molecule has 8 heteroatoms. The predicted octanol–water partition coefficient (Wildman–Crippen LogP) is 3.24. The topological polar surface area (TPSA) is 93.4 Å². The summed E-state index contributed by atoms with van der Waals surface area (Å²) in [7, 11) is 1.70. The Bertz CT molecular complexity index is 1100. The van der Waals surface area contributed by atoms with Gasteiger partial charge in [-0.3, -0.25) is 28.8 Å². The molecule has 1 N–H and O–H groups in total. The highest BCUT2D eigenvalue weighted by molar-refractivity contribution is 6.00. The molecule has 1 saturated carbocycles. The van der Waals surface area contributed by atoms with E-state index in [1.54, 1.807) is 16.5 Å². The molecular weight excluding hydrogens is 432 g/mol. The predicted molar refractivity (Wildman–Crippen MR) is 130 cm³/mol. The van der Waals surface area contributed by atoms with E-state index in [1.807, 2.05) is 18.2 Å². The largest absolute Gasteiger partial charge is 0.345 e. The van der Waals surface area contributed by atoms with Crippen molar-refractivity contribution in [2.45, 2.75) is 76.7 Å². The second-order valence-electron chi connectivity index (χ2n) is 10.1. The summed E-state index contributed by atoms with van der Waals surface area (Å²) < 4.78 is 3.05. The lowest BCUT2D eigenvalue weighted by Gasteiger charge is -2.29. The van der Waals surface area contributed by atoms with E-state index in [9.17, 15) is 19.2 Å². The van der Waals surface area contributed by atoms with Crippen LogP contribution < -0.4 is 11.0 Å². The Morgan fingerprint density at radius 2 is 1.65 bits per heavy atom. The molecule has 3 amide bonds. The zero-order valence-electron chi connectivity index (χ0n) is 20.3. The number of hydrogen-bond acceptors (Lipinski definition) is 4. The quantitative estimate of drug-likeness (QED) is 0.553. The van der Waals surface area contributed by atoms with Crippen molar-refractivity contribution in [3.8, 4) is 0 Å². The molecule has 0 bridgehead atoms. The van der Waals surface area contributed by atoms with E-state index in [4.69, 9.17) is 0 Å². The summed E-state index contributed by atoms with van der Waals surface area (Å²) >= 11 is 0. The maximum absolute atomic E-state index is 12.8. The number of piperidine rings is 2. The minimum absolute atomic E-state index is 0.229. The number of nitrogens with one attached hydrogen (secondary N) is 1. The lowest BCUT2D eigenvalue weighted by molar-refractivity contribution is -0.135. The Kier molecular flexibility index (Phi) is 7.54. The molecule has 8 nitrogen and oxygen atoms in total. The van der Waals surface area contributed by atoms with E-state index in [0.29, 0.717) is 17.9 Å². The van der Waals surface area contributed by atoms with Crippen LogP contribution in [0, 0.1) is 5.92 Å². The highest BCUT2D eigenvalue weighted by atomic mass is 16.2. The van der Waals surface area contributed by atoms with Crippen molar-refractivity contribution in [3.63, 3.8) is 0 Å². The van der Waals surface area contributed by atoms with E-state index in [1.165, 1.54) is 36.7 Å². The average molecular weight is 469 g/mol. The van der Waals surface area contributed by atoms with E-state index in [-0.39, 0.29) is 18.0 Å². The van der Waals surface area contributed by atoms with Crippen molar-refractivity contribution in [2.75, 3.05) is 13.1 Å². The number of nitrogens with zero attached hydrogens (tertiary/aromatic N) is 3. The van der Waals surface area contributed by atoms with Gasteiger partial charge in [0.25, 0.3) is 0 Å². The molecule has 5 rings (SSSR count). The van der Waals surface area contributed by atoms with Crippen LogP contribution in [0.5, 0.6) is 0 Å². The summed E-state index contributed by atoms with van der Waals surface area (Å²) in [6.45, 7) is 3.84. The summed E-state index contributed by atoms with van der Waals surface area (Å²) in [6.07, 6.45) is 10.7. The first-order valence-corrected chi connectivity index (χ1v) is 12.6. The van der Waals surface area contributed by atoms with Gasteiger partial charge in [-0.25, -0.2) is 4.79 Å². The molecule has 3 heterocycles. The summed E-state index contributed by atoms with van der Waals surface area (Å²) in [5.74, 6) is 0.660. The Balaban J connectivity index is 0.000000336. The first-order valence-electron chi connectivity index (χ1n) is 12.6. The van der Waals surface area contributed by atoms with E-state index in [2.05, 4.69) is 12.2 Å². The van der Waals surface area contributed by atoms with Gasteiger partial charge in [0.05, 0.1) is 11.0 Å². The number of likely N-dealkylation sites (tertiary alicyclic amines) is 1. The monoisotopic (exact) mass is 468 g/mol. The number of benzene rings is 1. The van der Waals surface area contributed by atoms with Crippen molar-refractivity contribution >= 4 is 29.3 Å². The second-order valence-corrected chi connectivity index (χ2v) is 10.1. The molecule has 0 spiro atoms. The standard InChI is InChI=1S/C19H22N4O4.C7H14/c1-21-16-10-13(12-6-8-22(11-24)9-7-12)2-3-14(16)23(19(21)27)15-4-5-17(25)20-18(15)26;1-7-5-3-2-4-6-7/h2-3,10-12,15H,4-9H2,1H3,(H,20,25,26);7H,2-6H2,1H3. The highest BCUT2D eigenvalue weighted by Gasteiger charge is 2.31. The van der Waals surface area contributed by atoms with Gasteiger partial charge in [-0.2, -0.15) is 0 Å². The summed E-state index contributed by atoms with van der Waals surface area (Å²) in [5.41, 5.74) is 2.36. The third kappa shape index (κ3) is 5.10. The zero-order chi connectivity index (χ0) is 24.2. The Hall–Kier alpha value is -2.90. The van der Waals surface area contributed by atoms with E-state index < -0.39 is 11.9 Å². The number of aromatic nitrogens is 2. The van der Waals surface area contributed by atoms with Crippen LogP contribution in [0.4, 0.5) is 0 Å². The number of imidazole rings is 1. The Morgan fingerprint density at radius 3 is 2.24 bits per heavy atom. The minimum Gasteiger partial charge on any atom is -0.345 e. The van der Waals surface area contributed by atoms with Crippen molar-refractivity contribution < 1.29 is 14.4 Å². The number of hydrogen-bond donors (Lipinski definition) is 1. The van der Waals surface area contributed by atoms with Gasteiger partial charge in [0, 0.05) is 26.6 Å². The SMILES string of the molecule is CC1CCCCC1.Cn1c(=O)n(C2CCC(=O)NC2=O)c2ccc(C3CCN(C=O)CC3)cc21. The van der Waals surface area contributed by atoms with Crippen molar-refractivity contribution in [2.24, 2.45) is 13.0 Å². The van der Waals surface area contributed by atoms with Crippen molar-refractivity contribution in [3.05, 3.63) is 34.2 Å². The lowest BCUT2D eigenvalue weighted by Crippen LogP contribution is -2.44. The molecule has 2 aliphatic heterocycles. The number of rotatable bonds is 3. The lowest BCUT2D eigenvalue weighted by atomic mass is 9.89. The molecule has 1 unspecified atom stereocenters. The number of carbonyl (C=O) groups is 3. The molecule has 1 aromatic heterocycles. The van der Waals surface area contributed by atoms with Gasteiger partial charge in [-0.1, -0.05) is 45.1 Å². The van der Waals surface area contributed by atoms with Gasteiger partial charge in [0.1, 0.15) is 6.04 Å². The van der Waals surface area contributed by atoms with Crippen LogP contribution in [0.3, 0.4) is 0 Å². The van der Waals surface area contributed by atoms with Gasteiger partial charge < -0.3 is 4.90 Å². The van der Waals surface area contributed by atoms with E-state index >= 15 is 0 Å². The maximum Gasteiger partial charge on any atom is 0.329 e. The first kappa shape index (κ1) is 24.2. The molecule has 184 valence electrons. The molecule has 3 fully saturated rings. The van der Waals surface area contributed by atoms with Crippen LogP contribution >= 0.6 is 0 Å². The fraction of sp³-hybridized carbons (Fsp3) is 0.615. The second kappa shape index (κ2) is 10.6. The van der Waals surface area contributed by atoms with Crippen LogP contribution in [0.15, 0.2) is 23.0 Å². The Morgan fingerprint density at radius 1 is 0.941 bits per heavy atom. The number of imide groups is 1. The van der Waals surface area contributed by atoms with Crippen molar-refractivity contribution in [1.29, 1.82) is 0 Å². The van der Waals surface area contributed by atoms with Crippen LogP contribution in [-0.4, -0.2) is 45.3 Å². The number of fused-ring (bicyclic) bond motifs is 1. The molecule has 1 atom stereocenters. The van der Waals surface area contributed by atoms with Crippen LogP contribution in [-0.2, 0) is 21.4 Å². The maximum atomic E-state index is 12.8. The van der Waals surface area contributed by atoms with Gasteiger partial charge in [-0.05, 0) is 48.8 Å². The summed E-state index contributed by atoms with van der Waals surface area (Å²) in [6, 6.07) is 5.24. The van der Waals surface area contributed by atoms with Gasteiger partial charge in [0.15, 0.2) is 0 Å². The third-order valence-corrected chi connectivity index (χ3v) is 7.68. The normalized spacial score (nSPS) is 22.3. The van der Waals surface area contributed by atoms with Crippen LogP contribution in [0.25, 0.3) is 11.0 Å². The number of carbonyl (C=O) groups excluding carboxylic acids is 3. The van der Waals surface area contributed by atoms with Crippen LogP contribution in [0.1, 0.15) is 82.2 Å². The zero-order valence-corrected chi connectivity index (χ0v) is 20.3. The molecular formula is C26H36N4O4. The third-order valence-electron chi connectivity index (χ3n) is 7.68. The molecule has 2 saturated heterocycles. The smallest absolute Gasteiger partial charge is 0.329 e. The molecule has 34 heavy (non-hydrogen) atoms. The molecule has 0 radical (unpaired) electrons. The van der Waals surface area contributed by atoms with Crippen molar-refractivity contribution in [1.82, 2.24) is 19.4 Å². The fourth-order valence-corrected chi connectivity index (χ4v) is 5.51. The van der Waals surface area contributed by atoms with Gasteiger partial charge >= 0.3 is 5.69 Å². The summed E-state index contributed by atoms with van der Waals surface area (Å²) in [4.78, 5) is 49.1. The summed E-state index contributed by atoms with van der Waals surface area (Å²) in [5, 5.41) is 2.32. The van der Waals surface area contributed by atoms with Crippen LogP contribution in [0.2, 0.25) is 0 Å². The molecule has 3 aliphatic rings. The Labute approximate surface area is 200 Å². The minimum atomic E-state index is -0.666.